The summed E-state index contributed by atoms with van der Waals surface area (Å²) in [5.41, 5.74) is 2.19. The first-order valence-electron chi connectivity index (χ1n) is 7.11. The lowest BCUT2D eigenvalue weighted by Crippen LogP contribution is -2.13. The Kier molecular flexibility index (Phi) is 5.32. The summed E-state index contributed by atoms with van der Waals surface area (Å²) in [5, 5.41) is 2.80. The third-order valence-electron chi connectivity index (χ3n) is 3.05. The number of nitrogens with zero attached hydrogens (tertiary/aromatic N) is 1. The molecule has 0 fully saturated rings. The number of rotatable bonds is 6. The number of amides is 1. The van der Waals surface area contributed by atoms with Crippen LogP contribution in [0.3, 0.4) is 0 Å². The molecule has 0 aliphatic carbocycles. The Morgan fingerprint density at radius 2 is 1.95 bits per heavy atom. The fraction of sp³-hybridized carbons (Fsp3) is 0.294. The molecule has 0 unspecified atom stereocenters. The van der Waals surface area contributed by atoms with Gasteiger partial charge in [0.05, 0.1) is 6.61 Å². The SMILES string of the molecule is CCOc1ccc(CCC(=O)Nc2ccc(C)cn2)cc1. The standard InChI is InChI=1S/C17H20N2O2/c1-3-21-15-8-5-14(6-9-15)7-11-17(20)19-16-10-4-13(2)12-18-16/h4-6,8-10,12H,3,7,11H2,1-2H3,(H,18,19,20). The van der Waals surface area contributed by atoms with E-state index in [1.54, 1.807) is 6.20 Å². The van der Waals surface area contributed by atoms with E-state index in [4.69, 9.17) is 4.74 Å². The van der Waals surface area contributed by atoms with E-state index in [9.17, 15) is 4.79 Å². The molecule has 2 rings (SSSR count). The van der Waals surface area contributed by atoms with Gasteiger partial charge in [-0.1, -0.05) is 18.2 Å². The van der Waals surface area contributed by atoms with Crippen molar-refractivity contribution in [3.05, 3.63) is 53.7 Å². The van der Waals surface area contributed by atoms with Gasteiger partial charge in [-0.05, 0) is 49.6 Å². The Morgan fingerprint density at radius 1 is 1.19 bits per heavy atom. The molecule has 0 aliphatic heterocycles. The van der Waals surface area contributed by atoms with Crippen LogP contribution in [0.1, 0.15) is 24.5 Å². The molecule has 0 spiro atoms. The van der Waals surface area contributed by atoms with Crippen molar-refractivity contribution >= 4 is 11.7 Å². The molecule has 1 amide bonds. The highest BCUT2D eigenvalue weighted by atomic mass is 16.5. The van der Waals surface area contributed by atoms with Crippen LogP contribution in [0.15, 0.2) is 42.6 Å². The average molecular weight is 284 g/mol. The number of aromatic nitrogens is 1. The Balaban J connectivity index is 1.81. The largest absolute Gasteiger partial charge is 0.494 e. The third kappa shape index (κ3) is 4.91. The van der Waals surface area contributed by atoms with Crippen molar-refractivity contribution in [1.29, 1.82) is 0 Å². The summed E-state index contributed by atoms with van der Waals surface area (Å²) < 4.78 is 5.39. The number of carbonyl (C=O) groups excluding carboxylic acids is 1. The summed E-state index contributed by atoms with van der Waals surface area (Å²) in [5.74, 6) is 1.42. The number of anilines is 1. The van der Waals surface area contributed by atoms with E-state index in [1.807, 2.05) is 50.2 Å². The van der Waals surface area contributed by atoms with Crippen LogP contribution in [0.4, 0.5) is 5.82 Å². The molecular weight excluding hydrogens is 264 g/mol. The van der Waals surface area contributed by atoms with Crippen molar-refractivity contribution < 1.29 is 9.53 Å². The van der Waals surface area contributed by atoms with Gasteiger partial charge in [-0.15, -0.1) is 0 Å². The van der Waals surface area contributed by atoms with E-state index in [0.29, 0.717) is 25.3 Å². The summed E-state index contributed by atoms with van der Waals surface area (Å²) in [6.07, 6.45) is 2.87. The Hall–Kier alpha value is -2.36. The number of pyridine rings is 1. The summed E-state index contributed by atoms with van der Waals surface area (Å²) in [7, 11) is 0. The van der Waals surface area contributed by atoms with Gasteiger partial charge < -0.3 is 10.1 Å². The van der Waals surface area contributed by atoms with Crippen LogP contribution in [-0.2, 0) is 11.2 Å². The first kappa shape index (κ1) is 15.0. The maximum absolute atomic E-state index is 11.9. The minimum absolute atomic E-state index is 0.0276. The molecule has 4 nitrogen and oxygen atoms in total. The molecule has 110 valence electrons. The first-order chi connectivity index (χ1) is 10.2. The predicted octanol–water partition coefficient (Wildman–Crippen LogP) is 3.36. The lowest BCUT2D eigenvalue weighted by Gasteiger charge is -2.06. The van der Waals surface area contributed by atoms with Crippen LogP contribution < -0.4 is 10.1 Å². The second-order valence-corrected chi connectivity index (χ2v) is 4.85. The molecule has 0 bridgehead atoms. The molecule has 2 aromatic rings. The molecule has 0 saturated heterocycles. The zero-order valence-electron chi connectivity index (χ0n) is 12.4. The maximum Gasteiger partial charge on any atom is 0.225 e. The molecule has 0 saturated carbocycles. The normalized spacial score (nSPS) is 10.2. The van der Waals surface area contributed by atoms with Gasteiger partial charge in [-0.25, -0.2) is 4.98 Å². The highest BCUT2D eigenvalue weighted by molar-refractivity contribution is 5.89. The van der Waals surface area contributed by atoms with Gasteiger partial charge in [0.1, 0.15) is 11.6 Å². The monoisotopic (exact) mass is 284 g/mol. The van der Waals surface area contributed by atoms with Gasteiger partial charge >= 0.3 is 0 Å². The highest BCUT2D eigenvalue weighted by Crippen LogP contribution is 2.13. The predicted molar refractivity (Wildman–Crippen MR) is 83.5 cm³/mol. The van der Waals surface area contributed by atoms with E-state index in [2.05, 4.69) is 10.3 Å². The van der Waals surface area contributed by atoms with E-state index in [-0.39, 0.29) is 5.91 Å². The van der Waals surface area contributed by atoms with E-state index < -0.39 is 0 Å². The number of benzene rings is 1. The van der Waals surface area contributed by atoms with Gasteiger partial charge in [0.2, 0.25) is 5.91 Å². The smallest absolute Gasteiger partial charge is 0.225 e. The zero-order chi connectivity index (χ0) is 15.1. The fourth-order valence-corrected chi connectivity index (χ4v) is 1.92. The van der Waals surface area contributed by atoms with Gasteiger partial charge in [0.15, 0.2) is 0 Å². The fourth-order valence-electron chi connectivity index (χ4n) is 1.92. The molecular formula is C17H20N2O2. The number of aryl methyl sites for hydroxylation is 2. The number of hydrogen-bond donors (Lipinski definition) is 1. The first-order valence-corrected chi connectivity index (χ1v) is 7.11. The Labute approximate surface area is 125 Å². The molecule has 21 heavy (non-hydrogen) atoms. The topological polar surface area (TPSA) is 51.2 Å². The molecule has 1 aromatic carbocycles. The summed E-state index contributed by atoms with van der Waals surface area (Å²) in [4.78, 5) is 16.0. The van der Waals surface area contributed by atoms with Crippen LogP contribution in [0.2, 0.25) is 0 Å². The molecule has 1 aromatic heterocycles. The number of nitrogens with one attached hydrogen (secondary N) is 1. The van der Waals surface area contributed by atoms with Gasteiger partial charge in [0.25, 0.3) is 0 Å². The van der Waals surface area contributed by atoms with Crippen LogP contribution in [-0.4, -0.2) is 17.5 Å². The van der Waals surface area contributed by atoms with Crippen molar-refractivity contribution in [2.45, 2.75) is 26.7 Å². The van der Waals surface area contributed by atoms with Crippen molar-refractivity contribution in [3.63, 3.8) is 0 Å². The van der Waals surface area contributed by atoms with Gasteiger partial charge in [-0.3, -0.25) is 4.79 Å². The van der Waals surface area contributed by atoms with Gasteiger partial charge in [-0.2, -0.15) is 0 Å². The lowest BCUT2D eigenvalue weighted by molar-refractivity contribution is -0.116. The minimum Gasteiger partial charge on any atom is -0.494 e. The molecule has 0 atom stereocenters. The molecule has 4 heteroatoms. The number of ether oxygens (including phenoxy) is 1. The molecule has 0 radical (unpaired) electrons. The van der Waals surface area contributed by atoms with Crippen molar-refractivity contribution in [3.8, 4) is 5.75 Å². The minimum atomic E-state index is -0.0276. The molecule has 0 aliphatic rings. The third-order valence-corrected chi connectivity index (χ3v) is 3.05. The second-order valence-electron chi connectivity index (χ2n) is 4.85. The Bertz CT molecular complexity index is 577. The quantitative estimate of drug-likeness (QED) is 0.885. The highest BCUT2D eigenvalue weighted by Gasteiger charge is 2.04. The number of carbonyl (C=O) groups is 1. The van der Waals surface area contributed by atoms with Crippen LogP contribution >= 0.6 is 0 Å². The van der Waals surface area contributed by atoms with Crippen LogP contribution in [0.5, 0.6) is 5.75 Å². The van der Waals surface area contributed by atoms with Crippen molar-refractivity contribution in [1.82, 2.24) is 4.98 Å². The van der Waals surface area contributed by atoms with Crippen LogP contribution in [0.25, 0.3) is 0 Å². The Morgan fingerprint density at radius 3 is 2.57 bits per heavy atom. The van der Waals surface area contributed by atoms with E-state index >= 15 is 0 Å². The summed E-state index contributed by atoms with van der Waals surface area (Å²) in [6, 6.07) is 11.6. The molecule has 1 heterocycles. The maximum atomic E-state index is 11.9. The van der Waals surface area contributed by atoms with E-state index in [0.717, 1.165) is 16.9 Å². The zero-order valence-corrected chi connectivity index (χ0v) is 12.4. The average Bonchev–Trinajstić information content (AvgIpc) is 2.49. The second kappa shape index (κ2) is 7.43. The van der Waals surface area contributed by atoms with Crippen LogP contribution in [0, 0.1) is 6.92 Å². The molecule has 1 N–H and O–H groups in total. The summed E-state index contributed by atoms with van der Waals surface area (Å²) in [6.45, 7) is 4.58. The van der Waals surface area contributed by atoms with Crippen molar-refractivity contribution in [2.24, 2.45) is 0 Å². The lowest BCUT2D eigenvalue weighted by atomic mass is 10.1. The summed E-state index contributed by atoms with van der Waals surface area (Å²) >= 11 is 0. The number of hydrogen-bond acceptors (Lipinski definition) is 3. The van der Waals surface area contributed by atoms with E-state index in [1.165, 1.54) is 0 Å². The van der Waals surface area contributed by atoms with Gasteiger partial charge in [0, 0.05) is 12.6 Å². The van der Waals surface area contributed by atoms with Crippen molar-refractivity contribution in [2.75, 3.05) is 11.9 Å².